The third-order valence-electron chi connectivity index (χ3n) is 4.00. The highest BCUT2D eigenvalue weighted by Crippen LogP contribution is 2.44. The first-order valence-corrected chi connectivity index (χ1v) is 6.43. The van der Waals surface area contributed by atoms with Gasteiger partial charge in [-0.25, -0.2) is 0 Å². The van der Waals surface area contributed by atoms with Crippen LogP contribution >= 0.6 is 0 Å². The van der Waals surface area contributed by atoms with Crippen LogP contribution in [0.4, 0.5) is 0 Å². The SMILES string of the molecule is CC1(C(CCC(=O)O)C(=O)O)C(=O)c2ccccc2C1=O. The maximum atomic E-state index is 12.5. The number of fused-ring (bicyclic) bond motifs is 1. The summed E-state index contributed by atoms with van der Waals surface area (Å²) < 4.78 is 0. The predicted molar refractivity (Wildman–Crippen MR) is 71.2 cm³/mol. The van der Waals surface area contributed by atoms with Gasteiger partial charge in [-0.1, -0.05) is 24.3 Å². The summed E-state index contributed by atoms with van der Waals surface area (Å²) in [6.45, 7) is 1.29. The molecule has 1 unspecified atom stereocenters. The summed E-state index contributed by atoms with van der Waals surface area (Å²) in [6, 6.07) is 6.17. The zero-order valence-corrected chi connectivity index (χ0v) is 11.3. The van der Waals surface area contributed by atoms with E-state index in [1.54, 1.807) is 12.1 Å². The minimum Gasteiger partial charge on any atom is -0.481 e. The van der Waals surface area contributed by atoms with Gasteiger partial charge in [0.05, 0.1) is 5.92 Å². The van der Waals surface area contributed by atoms with Crippen molar-refractivity contribution < 1.29 is 29.4 Å². The van der Waals surface area contributed by atoms with Crippen LogP contribution in [-0.2, 0) is 9.59 Å². The quantitative estimate of drug-likeness (QED) is 0.798. The Kier molecular flexibility index (Phi) is 3.63. The molecule has 1 aliphatic carbocycles. The average Bonchev–Trinajstić information content (AvgIpc) is 2.62. The number of hydrogen-bond acceptors (Lipinski definition) is 4. The summed E-state index contributed by atoms with van der Waals surface area (Å²) in [6.07, 6.45) is -0.684. The minimum atomic E-state index is -1.75. The van der Waals surface area contributed by atoms with Crippen molar-refractivity contribution in [1.82, 2.24) is 0 Å². The van der Waals surface area contributed by atoms with Gasteiger partial charge in [0.15, 0.2) is 11.6 Å². The van der Waals surface area contributed by atoms with Crippen LogP contribution < -0.4 is 0 Å². The second-order valence-corrected chi connectivity index (χ2v) is 5.23. The molecule has 0 radical (unpaired) electrons. The Hall–Kier alpha value is -2.50. The van der Waals surface area contributed by atoms with Crippen LogP contribution in [0, 0.1) is 11.3 Å². The van der Waals surface area contributed by atoms with E-state index >= 15 is 0 Å². The van der Waals surface area contributed by atoms with Gasteiger partial charge in [-0.05, 0) is 13.3 Å². The Bertz CT molecular complexity index is 610. The van der Waals surface area contributed by atoms with Crippen molar-refractivity contribution in [1.29, 1.82) is 0 Å². The molecular formula is C15H14O6. The molecular weight excluding hydrogens is 276 g/mol. The number of carbonyl (C=O) groups is 4. The highest BCUT2D eigenvalue weighted by Gasteiger charge is 2.56. The van der Waals surface area contributed by atoms with E-state index in [2.05, 4.69) is 0 Å². The minimum absolute atomic E-state index is 0.201. The Morgan fingerprint density at radius 3 is 1.95 bits per heavy atom. The number of carboxylic acid groups (broad SMARTS) is 2. The van der Waals surface area contributed by atoms with Crippen LogP contribution in [0.5, 0.6) is 0 Å². The molecule has 0 bridgehead atoms. The van der Waals surface area contributed by atoms with Crippen molar-refractivity contribution in [3.63, 3.8) is 0 Å². The molecule has 110 valence electrons. The van der Waals surface area contributed by atoms with Crippen molar-refractivity contribution >= 4 is 23.5 Å². The maximum Gasteiger partial charge on any atom is 0.308 e. The van der Waals surface area contributed by atoms with E-state index in [9.17, 15) is 24.3 Å². The molecule has 1 atom stereocenters. The molecule has 0 heterocycles. The fraction of sp³-hybridized carbons (Fsp3) is 0.333. The van der Waals surface area contributed by atoms with Crippen molar-refractivity contribution in [2.75, 3.05) is 0 Å². The Labute approximate surface area is 120 Å². The number of ketones is 2. The van der Waals surface area contributed by atoms with Gasteiger partial charge in [-0.2, -0.15) is 0 Å². The topological polar surface area (TPSA) is 109 Å². The van der Waals surface area contributed by atoms with E-state index in [4.69, 9.17) is 5.11 Å². The summed E-state index contributed by atoms with van der Waals surface area (Å²) in [5.74, 6) is -4.98. The largest absolute Gasteiger partial charge is 0.481 e. The maximum absolute atomic E-state index is 12.5. The number of carboxylic acids is 2. The molecule has 21 heavy (non-hydrogen) atoms. The smallest absolute Gasteiger partial charge is 0.308 e. The number of Topliss-reactive ketones (excluding diaryl/α,β-unsaturated/α-hetero) is 2. The summed E-state index contributed by atoms with van der Waals surface area (Å²) in [5, 5.41) is 18.0. The van der Waals surface area contributed by atoms with E-state index in [0.29, 0.717) is 0 Å². The van der Waals surface area contributed by atoms with Gasteiger partial charge in [-0.3, -0.25) is 19.2 Å². The lowest BCUT2D eigenvalue weighted by Gasteiger charge is -2.27. The molecule has 2 rings (SSSR count). The summed E-state index contributed by atoms with van der Waals surface area (Å²) in [4.78, 5) is 47.1. The van der Waals surface area contributed by atoms with Crippen LogP contribution in [0.1, 0.15) is 40.5 Å². The highest BCUT2D eigenvalue weighted by molar-refractivity contribution is 6.30. The number of carbonyl (C=O) groups excluding carboxylic acids is 2. The summed E-state index contributed by atoms with van der Waals surface area (Å²) >= 11 is 0. The van der Waals surface area contributed by atoms with E-state index in [1.165, 1.54) is 19.1 Å². The van der Waals surface area contributed by atoms with Crippen LogP contribution in [0.25, 0.3) is 0 Å². The molecule has 1 aromatic carbocycles. The van der Waals surface area contributed by atoms with Crippen LogP contribution in [0.3, 0.4) is 0 Å². The fourth-order valence-electron chi connectivity index (χ4n) is 2.79. The van der Waals surface area contributed by atoms with Gasteiger partial charge < -0.3 is 10.2 Å². The summed E-state index contributed by atoms with van der Waals surface area (Å²) in [5.41, 5.74) is -1.34. The van der Waals surface area contributed by atoms with Gasteiger partial charge in [-0.15, -0.1) is 0 Å². The molecule has 1 aromatic rings. The molecule has 2 N–H and O–H groups in total. The number of rotatable bonds is 5. The Morgan fingerprint density at radius 2 is 1.57 bits per heavy atom. The lowest BCUT2D eigenvalue weighted by atomic mass is 9.71. The van der Waals surface area contributed by atoms with Gasteiger partial charge >= 0.3 is 11.9 Å². The van der Waals surface area contributed by atoms with Gasteiger partial charge in [0, 0.05) is 17.5 Å². The summed E-state index contributed by atoms with van der Waals surface area (Å²) in [7, 11) is 0. The normalized spacial score (nSPS) is 17.4. The number of aliphatic carboxylic acids is 2. The van der Waals surface area contributed by atoms with Crippen LogP contribution in [-0.4, -0.2) is 33.7 Å². The lowest BCUT2D eigenvalue weighted by Crippen LogP contribution is -2.42. The lowest BCUT2D eigenvalue weighted by molar-refractivity contribution is -0.145. The van der Waals surface area contributed by atoms with Gasteiger partial charge in [0.25, 0.3) is 0 Å². The molecule has 0 aromatic heterocycles. The third kappa shape index (κ3) is 2.22. The molecule has 0 fully saturated rings. The zero-order valence-electron chi connectivity index (χ0n) is 11.3. The molecule has 0 amide bonds. The van der Waals surface area contributed by atoms with Crippen molar-refractivity contribution in [2.45, 2.75) is 19.8 Å². The molecule has 0 saturated carbocycles. The van der Waals surface area contributed by atoms with E-state index in [-0.39, 0.29) is 17.5 Å². The number of hydrogen-bond donors (Lipinski definition) is 2. The Balaban J connectivity index is 2.45. The van der Waals surface area contributed by atoms with Crippen molar-refractivity contribution in [3.8, 4) is 0 Å². The average molecular weight is 290 g/mol. The molecule has 0 saturated heterocycles. The zero-order chi connectivity index (χ0) is 15.8. The second-order valence-electron chi connectivity index (χ2n) is 5.23. The fourth-order valence-corrected chi connectivity index (χ4v) is 2.79. The molecule has 0 aliphatic heterocycles. The highest BCUT2D eigenvalue weighted by atomic mass is 16.4. The van der Waals surface area contributed by atoms with Gasteiger partial charge in [0.1, 0.15) is 5.41 Å². The van der Waals surface area contributed by atoms with E-state index < -0.39 is 41.3 Å². The third-order valence-corrected chi connectivity index (χ3v) is 4.00. The Morgan fingerprint density at radius 1 is 1.10 bits per heavy atom. The predicted octanol–water partition coefficient (Wildman–Crippen LogP) is 1.64. The van der Waals surface area contributed by atoms with E-state index in [0.717, 1.165) is 0 Å². The van der Waals surface area contributed by atoms with Crippen molar-refractivity contribution in [3.05, 3.63) is 35.4 Å². The number of benzene rings is 1. The van der Waals surface area contributed by atoms with Gasteiger partial charge in [0.2, 0.25) is 0 Å². The van der Waals surface area contributed by atoms with Crippen LogP contribution in [0.2, 0.25) is 0 Å². The first-order chi connectivity index (χ1) is 9.80. The van der Waals surface area contributed by atoms with Crippen molar-refractivity contribution in [2.24, 2.45) is 11.3 Å². The molecule has 0 spiro atoms. The molecule has 6 heteroatoms. The van der Waals surface area contributed by atoms with Crippen LogP contribution in [0.15, 0.2) is 24.3 Å². The first-order valence-electron chi connectivity index (χ1n) is 6.43. The van der Waals surface area contributed by atoms with E-state index in [1.807, 2.05) is 0 Å². The monoisotopic (exact) mass is 290 g/mol. The second kappa shape index (κ2) is 5.12. The molecule has 6 nitrogen and oxygen atoms in total. The first kappa shape index (κ1) is 14.9. The standard InChI is InChI=1S/C15H14O6/c1-15(10(14(20)21)6-7-11(16)17)12(18)8-4-2-3-5-9(8)13(15)19/h2-5,10H,6-7H2,1H3,(H,16,17)(H,20,21). The molecule has 1 aliphatic rings.